The molecule has 1 aliphatic rings. The molecule has 75 heavy (non-hydrogen) atoms. The number of nitrogens with zero attached hydrogens (tertiary/aromatic N) is 2. The summed E-state index contributed by atoms with van der Waals surface area (Å²) in [6.45, 7) is 15.8. The smallest absolute Gasteiger partial charge is 0.0579 e. The zero-order valence-corrected chi connectivity index (χ0v) is 45.8. The lowest BCUT2D eigenvalue weighted by Crippen LogP contribution is -2.63. The van der Waals surface area contributed by atoms with Crippen LogP contribution in [-0.4, -0.2) is 16.1 Å². The molecule has 364 valence electrons. The molecule has 2 nitrogen and oxygen atoms in total. The molecule has 0 fully saturated rings. The van der Waals surface area contributed by atoms with Gasteiger partial charge in [0, 0.05) is 38.5 Å². The molecule has 0 heterocycles. The van der Waals surface area contributed by atoms with Crippen LogP contribution >= 0.6 is 0 Å². The van der Waals surface area contributed by atoms with Gasteiger partial charge in [-0.05, 0) is 133 Å². The van der Waals surface area contributed by atoms with E-state index in [9.17, 15) is 0 Å². The van der Waals surface area contributed by atoms with E-state index in [1.54, 1.807) is 0 Å². The fourth-order valence-corrected chi connectivity index (χ4v) is 25.9. The molecule has 0 unspecified atom stereocenters. The van der Waals surface area contributed by atoms with Gasteiger partial charge in [0.05, 0.1) is 27.5 Å². The lowest BCUT2D eigenvalue weighted by molar-refractivity contribution is 0.953. The maximum atomic E-state index is 2.63. The molecule has 0 bridgehead atoms. The molecule has 4 heteroatoms. The molecule has 1 aliphatic carbocycles. The Balaban J connectivity index is 1.07. The van der Waals surface area contributed by atoms with Crippen LogP contribution in [0.2, 0.25) is 39.3 Å². The summed E-state index contributed by atoms with van der Waals surface area (Å²) in [6.07, 6.45) is 0. The Morgan fingerprint density at radius 3 is 1.07 bits per heavy atom. The number of hydrogen-bond acceptors (Lipinski definition) is 2. The summed E-state index contributed by atoms with van der Waals surface area (Å²) in [6, 6.07) is 98.9. The Labute approximate surface area is 445 Å². The largest absolute Gasteiger partial charge is 0.310 e. The second-order valence-corrected chi connectivity index (χ2v) is 33.2. The van der Waals surface area contributed by atoms with Crippen molar-refractivity contribution in [2.24, 2.45) is 0 Å². The molecular formula is C71H62N2Si2. The Morgan fingerprint density at radius 2 is 0.627 bits per heavy atom. The molecule has 12 rings (SSSR count). The maximum absolute atomic E-state index is 2.63. The van der Waals surface area contributed by atoms with Crippen molar-refractivity contribution in [3.63, 3.8) is 0 Å². The second kappa shape index (κ2) is 19.2. The van der Waals surface area contributed by atoms with E-state index in [0.717, 1.165) is 28.4 Å². The Hall–Kier alpha value is -8.29. The number of benzene rings is 11. The molecule has 0 aliphatic heterocycles. The van der Waals surface area contributed by atoms with Crippen molar-refractivity contribution in [1.82, 2.24) is 0 Å². The topological polar surface area (TPSA) is 6.48 Å². The SMILES string of the molecule is C[Si](C)(C)C1([Si](C)(C)C)c2cc(N(c3ccccc3)c3cc(-c4ccccc4)ccc3-c3ccccc3)ccc2-c2cc3ccc(N(c4ccccc4)c4cc(-c5ccccc5)ccc4-c4ccccc4)cc3cc21. The molecule has 0 radical (unpaired) electrons. The minimum atomic E-state index is -2.12. The van der Waals surface area contributed by atoms with Crippen molar-refractivity contribution in [3.8, 4) is 55.6 Å². The first kappa shape index (κ1) is 47.7. The first-order valence-corrected chi connectivity index (χ1v) is 33.4. The lowest BCUT2D eigenvalue weighted by Gasteiger charge is -2.51. The molecule has 0 amide bonds. The Bertz CT molecular complexity index is 3810. The van der Waals surface area contributed by atoms with Crippen molar-refractivity contribution < 1.29 is 0 Å². The highest BCUT2D eigenvalue weighted by molar-refractivity contribution is 6.99. The van der Waals surface area contributed by atoms with Crippen molar-refractivity contribution in [1.29, 1.82) is 0 Å². The van der Waals surface area contributed by atoms with Crippen LogP contribution < -0.4 is 9.80 Å². The van der Waals surface area contributed by atoms with Gasteiger partial charge in [0.25, 0.3) is 0 Å². The van der Waals surface area contributed by atoms with E-state index in [0.29, 0.717) is 0 Å². The fraction of sp³-hybridized carbons (Fsp3) is 0.0986. The van der Waals surface area contributed by atoms with Gasteiger partial charge in [-0.2, -0.15) is 0 Å². The summed E-state index contributed by atoms with van der Waals surface area (Å²) in [5.74, 6) is 0. The third-order valence-corrected chi connectivity index (χ3v) is 25.8. The lowest BCUT2D eigenvalue weighted by atomic mass is 9.96. The van der Waals surface area contributed by atoms with E-state index >= 15 is 0 Å². The van der Waals surface area contributed by atoms with Gasteiger partial charge < -0.3 is 9.80 Å². The van der Waals surface area contributed by atoms with E-state index in [2.05, 4.69) is 316 Å². The van der Waals surface area contributed by atoms with Gasteiger partial charge in [-0.1, -0.05) is 239 Å². The summed E-state index contributed by atoms with van der Waals surface area (Å²) in [7, 11) is -4.25. The molecule has 11 aromatic rings. The fourth-order valence-electron chi connectivity index (χ4n) is 12.8. The zero-order valence-electron chi connectivity index (χ0n) is 43.8. The van der Waals surface area contributed by atoms with Gasteiger partial charge in [0.15, 0.2) is 0 Å². The Morgan fingerprint density at radius 1 is 0.253 bits per heavy atom. The zero-order chi connectivity index (χ0) is 51.3. The predicted octanol–water partition coefficient (Wildman–Crippen LogP) is 20.5. The number of fused-ring (bicyclic) bond motifs is 4. The maximum Gasteiger partial charge on any atom is 0.0579 e. The Kier molecular flexibility index (Phi) is 12.2. The minimum Gasteiger partial charge on any atom is -0.310 e. The second-order valence-electron chi connectivity index (χ2n) is 22.2. The molecule has 11 aromatic carbocycles. The van der Waals surface area contributed by atoms with Gasteiger partial charge >= 0.3 is 0 Å². The van der Waals surface area contributed by atoms with Crippen LogP contribution in [-0.2, 0) is 4.66 Å². The van der Waals surface area contributed by atoms with Gasteiger partial charge in [0.1, 0.15) is 0 Å². The first-order valence-electron chi connectivity index (χ1n) is 26.4. The summed E-state index contributed by atoms with van der Waals surface area (Å²) >= 11 is 0. The standard InChI is InChI=1S/C71H62N2Si2/c1-74(2,3)71(75(4,5)6)67-47-58-45-61(72(59-33-21-11-22-34-59)69-48-56(51-25-13-7-14-26-51)38-42-63(69)53-29-17-9-18-30-53)40-37-55(58)46-66(67)65-44-41-62(50-68(65)71)73(60-35-23-12-24-36-60)70-49-57(52-27-15-8-16-28-52)39-43-64(70)54-31-19-10-20-32-54/h7-50H,1-6H3. The van der Waals surface area contributed by atoms with Gasteiger partial charge in [0.2, 0.25) is 0 Å². The molecule has 0 N–H and O–H groups in total. The third kappa shape index (κ3) is 8.45. The highest BCUT2D eigenvalue weighted by Gasteiger charge is 2.59. The van der Waals surface area contributed by atoms with E-state index in [1.807, 2.05) is 0 Å². The minimum absolute atomic E-state index is 0.120. The summed E-state index contributed by atoms with van der Waals surface area (Å²) in [4.78, 5) is 5.00. The van der Waals surface area contributed by atoms with Crippen LogP contribution in [0.25, 0.3) is 66.4 Å². The van der Waals surface area contributed by atoms with Crippen LogP contribution in [0.5, 0.6) is 0 Å². The van der Waals surface area contributed by atoms with Crippen molar-refractivity contribution in [2.75, 3.05) is 9.80 Å². The van der Waals surface area contributed by atoms with Gasteiger partial charge in [-0.15, -0.1) is 0 Å². The molecule has 0 atom stereocenters. The van der Waals surface area contributed by atoms with E-state index < -0.39 is 16.1 Å². The van der Waals surface area contributed by atoms with E-state index in [1.165, 1.54) is 83.2 Å². The number of rotatable bonds is 12. The number of hydrogen-bond donors (Lipinski definition) is 0. The van der Waals surface area contributed by atoms with Crippen LogP contribution in [0.15, 0.2) is 267 Å². The van der Waals surface area contributed by atoms with Crippen LogP contribution in [0.4, 0.5) is 34.1 Å². The molecule has 0 aromatic heterocycles. The quantitative estimate of drug-likeness (QED) is 0.113. The van der Waals surface area contributed by atoms with Gasteiger partial charge in [-0.3, -0.25) is 0 Å². The van der Waals surface area contributed by atoms with Crippen molar-refractivity contribution in [2.45, 2.75) is 43.9 Å². The van der Waals surface area contributed by atoms with E-state index in [4.69, 9.17) is 0 Å². The monoisotopic (exact) mass is 998 g/mol. The molecule has 0 saturated heterocycles. The van der Waals surface area contributed by atoms with Crippen molar-refractivity contribution in [3.05, 3.63) is 278 Å². The van der Waals surface area contributed by atoms with Gasteiger partial charge in [-0.25, -0.2) is 0 Å². The van der Waals surface area contributed by atoms with Crippen molar-refractivity contribution >= 4 is 61.0 Å². The van der Waals surface area contributed by atoms with Crippen LogP contribution in [0, 0.1) is 0 Å². The van der Waals surface area contributed by atoms with E-state index in [-0.39, 0.29) is 4.66 Å². The number of anilines is 6. The normalized spacial score (nSPS) is 12.8. The third-order valence-electron chi connectivity index (χ3n) is 15.7. The average molecular weight is 999 g/mol. The van der Waals surface area contributed by atoms with Crippen LogP contribution in [0.3, 0.4) is 0 Å². The molecule has 0 saturated carbocycles. The summed E-state index contributed by atoms with van der Waals surface area (Å²) in [5, 5.41) is 2.51. The average Bonchev–Trinajstić information content (AvgIpc) is 3.92. The predicted molar refractivity (Wildman–Crippen MR) is 328 cm³/mol. The highest BCUT2D eigenvalue weighted by Crippen LogP contribution is 2.60. The highest BCUT2D eigenvalue weighted by atomic mass is 28.4. The number of para-hydroxylation sites is 2. The van der Waals surface area contributed by atoms with Crippen LogP contribution in [0.1, 0.15) is 11.1 Å². The summed E-state index contributed by atoms with van der Waals surface area (Å²) in [5.41, 5.74) is 22.1. The molecular weight excluding hydrogens is 937 g/mol. The summed E-state index contributed by atoms with van der Waals surface area (Å²) < 4.78 is -0.120. The molecule has 0 spiro atoms. The first-order chi connectivity index (χ1) is 36.5.